The number of hydrogen-bond acceptors (Lipinski definition) is 4. The van der Waals surface area contributed by atoms with E-state index in [0.717, 1.165) is 31.5 Å². The molecule has 0 aromatic heterocycles. The fourth-order valence-corrected chi connectivity index (χ4v) is 3.47. The van der Waals surface area contributed by atoms with E-state index >= 15 is 0 Å². The molecule has 0 radical (unpaired) electrons. The molecular formula is C14H20ClN3O2. The Labute approximate surface area is 123 Å². The van der Waals surface area contributed by atoms with Crippen LogP contribution in [0.5, 0.6) is 0 Å². The van der Waals surface area contributed by atoms with Crippen LogP contribution in [0, 0.1) is 0 Å². The zero-order valence-corrected chi connectivity index (χ0v) is 12.4. The summed E-state index contributed by atoms with van der Waals surface area (Å²) in [6.07, 6.45) is 2.25. The van der Waals surface area contributed by atoms with Gasteiger partial charge in [-0.05, 0) is 38.4 Å². The van der Waals surface area contributed by atoms with E-state index in [-0.39, 0.29) is 11.9 Å². The maximum absolute atomic E-state index is 12.5. The van der Waals surface area contributed by atoms with Gasteiger partial charge >= 0.3 is 0 Å². The van der Waals surface area contributed by atoms with Gasteiger partial charge in [-0.3, -0.25) is 9.79 Å². The number of aliphatic hydroxyl groups is 1. The van der Waals surface area contributed by atoms with Crippen molar-refractivity contribution in [3.63, 3.8) is 0 Å². The summed E-state index contributed by atoms with van der Waals surface area (Å²) in [6.45, 7) is 2.80. The van der Waals surface area contributed by atoms with E-state index in [1.54, 1.807) is 4.90 Å². The molecule has 3 heterocycles. The lowest BCUT2D eigenvalue weighted by molar-refractivity contribution is -0.123. The molecule has 0 aromatic carbocycles. The summed E-state index contributed by atoms with van der Waals surface area (Å²) >= 11 is 6.41. The first-order valence-electron chi connectivity index (χ1n) is 7.19. The molecule has 2 saturated heterocycles. The highest BCUT2D eigenvalue weighted by molar-refractivity contribution is 6.60. The van der Waals surface area contributed by atoms with E-state index in [1.807, 2.05) is 0 Å². The molecule has 6 heteroatoms. The van der Waals surface area contributed by atoms with E-state index in [2.05, 4.69) is 16.9 Å². The van der Waals surface area contributed by atoms with Crippen molar-refractivity contribution in [1.29, 1.82) is 0 Å². The molecule has 3 aliphatic rings. The van der Waals surface area contributed by atoms with Crippen LogP contribution < -0.4 is 0 Å². The third-order valence-electron chi connectivity index (χ3n) is 4.29. The highest BCUT2D eigenvalue weighted by atomic mass is 35.5. The Balaban J connectivity index is 1.81. The Morgan fingerprint density at radius 3 is 2.90 bits per heavy atom. The highest BCUT2D eigenvalue weighted by Crippen LogP contribution is 2.31. The van der Waals surface area contributed by atoms with E-state index in [0.29, 0.717) is 30.3 Å². The van der Waals surface area contributed by atoms with Crippen LogP contribution in [0.15, 0.2) is 15.6 Å². The average molecular weight is 298 g/mol. The van der Waals surface area contributed by atoms with Crippen molar-refractivity contribution in [2.45, 2.75) is 31.4 Å². The molecule has 3 rings (SSSR count). The number of carbonyl (C=O) groups is 1. The Bertz CT molecular complexity index is 489. The van der Waals surface area contributed by atoms with Gasteiger partial charge in [-0.2, -0.15) is 0 Å². The number of nitrogens with zero attached hydrogens (tertiary/aromatic N) is 3. The van der Waals surface area contributed by atoms with Crippen LogP contribution in [0.25, 0.3) is 0 Å². The van der Waals surface area contributed by atoms with Gasteiger partial charge in [0.25, 0.3) is 5.91 Å². The topological polar surface area (TPSA) is 56.1 Å². The van der Waals surface area contributed by atoms with Crippen LogP contribution in [0.3, 0.4) is 0 Å². The molecule has 3 aliphatic heterocycles. The number of carbonyl (C=O) groups excluding carboxylic acids is 1. The number of aliphatic hydroxyl groups excluding tert-OH is 1. The summed E-state index contributed by atoms with van der Waals surface area (Å²) < 4.78 is 0. The van der Waals surface area contributed by atoms with Gasteiger partial charge < -0.3 is 14.9 Å². The molecule has 2 fully saturated rings. The summed E-state index contributed by atoms with van der Waals surface area (Å²) in [5.74, 6) is -0.130. The largest absolute Gasteiger partial charge is 0.391 e. The van der Waals surface area contributed by atoms with Crippen molar-refractivity contribution in [2.75, 3.05) is 33.2 Å². The number of likely N-dealkylation sites (N-methyl/N-ethyl adjacent to an activating group) is 1. The molecule has 2 atom stereocenters. The van der Waals surface area contributed by atoms with Gasteiger partial charge in [0.2, 0.25) is 0 Å². The van der Waals surface area contributed by atoms with E-state index < -0.39 is 6.10 Å². The normalized spacial score (nSPS) is 31.4. The number of amides is 1. The van der Waals surface area contributed by atoms with Crippen molar-refractivity contribution >= 4 is 23.2 Å². The lowest BCUT2D eigenvalue weighted by Gasteiger charge is -2.16. The number of β-amino-alcohol motifs (C(OH)–C–C–N with tert-alkyl or cyclic N) is 1. The molecule has 5 nitrogen and oxygen atoms in total. The monoisotopic (exact) mass is 297 g/mol. The molecular weight excluding hydrogens is 278 g/mol. The average Bonchev–Trinajstić information content (AvgIpc) is 2.90. The summed E-state index contributed by atoms with van der Waals surface area (Å²) in [5.41, 5.74) is 1.48. The maximum atomic E-state index is 12.5. The number of fused-ring (bicyclic) bond motifs is 1. The fraction of sp³-hybridized carbons (Fsp3) is 0.714. The number of likely N-dealkylation sites (tertiary alicyclic amines) is 2. The second-order valence-corrected chi connectivity index (χ2v) is 6.28. The van der Waals surface area contributed by atoms with Gasteiger partial charge in [-0.25, -0.2) is 0 Å². The van der Waals surface area contributed by atoms with Crippen LogP contribution in [0.2, 0.25) is 0 Å². The molecule has 20 heavy (non-hydrogen) atoms. The van der Waals surface area contributed by atoms with Crippen LogP contribution >= 0.6 is 11.6 Å². The van der Waals surface area contributed by atoms with Crippen LogP contribution in [0.1, 0.15) is 19.3 Å². The summed E-state index contributed by atoms with van der Waals surface area (Å²) in [4.78, 5) is 20.9. The fourth-order valence-electron chi connectivity index (χ4n) is 3.15. The van der Waals surface area contributed by atoms with Gasteiger partial charge in [0.05, 0.1) is 17.2 Å². The first kappa shape index (κ1) is 14.0. The smallest absolute Gasteiger partial charge is 0.273 e. The van der Waals surface area contributed by atoms with Crippen LogP contribution in [-0.2, 0) is 4.79 Å². The Morgan fingerprint density at radius 2 is 2.20 bits per heavy atom. The van der Waals surface area contributed by atoms with Crippen molar-refractivity contribution in [1.82, 2.24) is 9.80 Å². The lowest BCUT2D eigenvalue weighted by Crippen LogP contribution is -2.35. The van der Waals surface area contributed by atoms with Gasteiger partial charge in [-0.1, -0.05) is 11.6 Å². The third-order valence-corrected chi connectivity index (χ3v) is 4.71. The summed E-state index contributed by atoms with van der Waals surface area (Å²) in [6, 6.07) is 0.0685. The van der Waals surface area contributed by atoms with Crippen molar-refractivity contribution in [3.05, 3.63) is 10.6 Å². The summed E-state index contributed by atoms with van der Waals surface area (Å²) in [5, 5.41) is 10.1. The Hall–Kier alpha value is -0.910. The molecule has 2 unspecified atom stereocenters. The molecule has 0 aliphatic carbocycles. The van der Waals surface area contributed by atoms with Gasteiger partial charge in [0, 0.05) is 19.6 Å². The van der Waals surface area contributed by atoms with E-state index in [4.69, 9.17) is 11.6 Å². The van der Waals surface area contributed by atoms with E-state index in [9.17, 15) is 9.90 Å². The van der Waals surface area contributed by atoms with Crippen LogP contribution in [-0.4, -0.2) is 71.9 Å². The quantitative estimate of drug-likeness (QED) is 0.772. The van der Waals surface area contributed by atoms with Crippen molar-refractivity contribution in [2.24, 2.45) is 4.99 Å². The van der Waals surface area contributed by atoms with Crippen LogP contribution in [0.4, 0.5) is 0 Å². The number of hydrogen-bond donors (Lipinski definition) is 1. The Kier molecular flexibility index (Phi) is 3.84. The van der Waals surface area contributed by atoms with E-state index in [1.165, 1.54) is 0 Å². The molecule has 0 saturated carbocycles. The SMILES string of the molecule is CN1CCCC2N=C(C(=O)N3CCC(O)C3)C(Cl)=C2C1. The first-order valence-corrected chi connectivity index (χ1v) is 7.56. The van der Waals surface area contributed by atoms with Gasteiger partial charge in [0.1, 0.15) is 5.71 Å². The Morgan fingerprint density at radius 1 is 1.40 bits per heavy atom. The van der Waals surface area contributed by atoms with Gasteiger partial charge in [0.15, 0.2) is 0 Å². The highest BCUT2D eigenvalue weighted by Gasteiger charge is 2.36. The summed E-state index contributed by atoms with van der Waals surface area (Å²) in [7, 11) is 2.07. The molecule has 0 aromatic rings. The molecule has 1 N–H and O–H groups in total. The predicted molar refractivity (Wildman–Crippen MR) is 78.0 cm³/mol. The first-order chi connectivity index (χ1) is 9.56. The minimum Gasteiger partial charge on any atom is -0.391 e. The second-order valence-electron chi connectivity index (χ2n) is 5.91. The number of rotatable bonds is 1. The third kappa shape index (κ3) is 2.50. The standard InChI is InChI=1S/C14H20ClN3O2/c1-17-5-2-3-11-10(8-17)12(15)13(16-11)14(20)18-6-4-9(19)7-18/h9,11,19H,2-8H2,1H3. The minimum absolute atomic E-state index is 0.0685. The molecule has 0 spiro atoms. The number of halogens is 1. The molecule has 1 amide bonds. The predicted octanol–water partition coefficient (Wildman–Crippen LogP) is 0.621. The molecule has 110 valence electrons. The number of aliphatic imine (C=N–C) groups is 1. The zero-order valence-electron chi connectivity index (χ0n) is 11.7. The lowest BCUT2D eigenvalue weighted by atomic mass is 10.1. The maximum Gasteiger partial charge on any atom is 0.273 e. The van der Waals surface area contributed by atoms with Gasteiger partial charge in [-0.15, -0.1) is 0 Å². The minimum atomic E-state index is -0.413. The molecule has 0 bridgehead atoms. The van der Waals surface area contributed by atoms with Crippen molar-refractivity contribution in [3.8, 4) is 0 Å². The zero-order chi connectivity index (χ0) is 14.3. The van der Waals surface area contributed by atoms with Crippen molar-refractivity contribution < 1.29 is 9.90 Å². The second kappa shape index (κ2) is 5.47.